The highest BCUT2D eigenvalue weighted by Gasteiger charge is 2.10. The largest absolute Gasteiger partial charge is 0.493 e. The van der Waals surface area contributed by atoms with E-state index in [1.807, 2.05) is 0 Å². The Kier molecular flexibility index (Phi) is 3.52. The van der Waals surface area contributed by atoms with Crippen molar-refractivity contribution in [2.24, 2.45) is 0 Å². The van der Waals surface area contributed by atoms with E-state index in [0.29, 0.717) is 17.1 Å². The number of hydrogen-bond donors (Lipinski definition) is 1. The fourth-order valence-corrected chi connectivity index (χ4v) is 1.43. The summed E-state index contributed by atoms with van der Waals surface area (Å²) in [6.45, 7) is 0. The normalized spacial score (nSPS) is 9.89. The van der Waals surface area contributed by atoms with Gasteiger partial charge in [0.15, 0.2) is 11.6 Å². The summed E-state index contributed by atoms with van der Waals surface area (Å²) in [4.78, 5) is 15.9. The number of methoxy groups -OCH3 is 1. The Morgan fingerprint density at radius 2 is 2.00 bits per heavy atom. The van der Waals surface area contributed by atoms with Crippen molar-refractivity contribution in [3.63, 3.8) is 0 Å². The number of amides is 1. The zero-order valence-electron chi connectivity index (χ0n) is 9.68. The molecule has 0 spiro atoms. The summed E-state index contributed by atoms with van der Waals surface area (Å²) in [5, 5.41) is 2.60. The lowest BCUT2D eigenvalue weighted by atomic mass is 10.2. The monoisotopic (exact) mass is 246 g/mol. The third-order valence-electron chi connectivity index (χ3n) is 2.33. The number of halogens is 1. The molecule has 0 saturated heterocycles. The third-order valence-corrected chi connectivity index (χ3v) is 2.33. The van der Waals surface area contributed by atoms with Crippen LogP contribution in [0, 0.1) is 5.82 Å². The van der Waals surface area contributed by atoms with Gasteiger partial charge in [-0.3, -0.25) is 4.79 Å². The molecule has 0 saturated carbocycles. The van der Waals surface area contributed by atoms with E-state index < -0.39 is 0 Å². The lowest BCUT2D eigenvalue weighted by Crippen LogP contribution is -2.13. The summed E-state index contributed by atoms with van der Waals surface area (Å²) in [6.07, 6.45) is 1.54. The molecule has 0 unspecified atom stereocenters. The summed E-state index contributed by atoms with van der Waals surface area (Å²) in [5.41, 5.74) is 0.351. The van der Waals surface area contributed by atoms with Crippen molar-refractivity contribution in [2.75, 3.05) is 12.4 Å². The highest BCUT2D eigenvalue weighted by Crippen LogP contribution is 2.20. The third kappa shape index (κ3) is 2.63. The molecule has 0 fully saturated rings. The second-order valence-electron chi connectivity index (χ2n) is 3.52. The number of ether oxygens (including phenoxy) is 1. The molecule has 1 heterocycles. The van der Waals surface area contributed by atoms with E-state index in [-0.39, 0.29) is 11.7 Å². The standard InChI is InChI=1S/C13H11FN2O2/c1-18-11-3-2-8-15-12(11)16-13(17)9-4-6-10(14)7-5-9/h2-8H,1H3,(H,15,16,17). The van der Waals surface area contributed by atoms with Crippen molar-refractivity contribution < 1.29 is 13.9 Å². The second-order valence-corrected chi connectivity index (χ2v) is 3.52. The Balaban J connectivity index is 2.18. The van der Waals surface area contributed by atoms with E-state index in [1.54, 1.807) is 18.3 Å². The molecule has 1 N–H and O–H groups in total. The average Bonchev–Trinajstić information content (AvgIpc) is 2.40. The molecule has 18 heavy (non-hydrogen) atoms. The first-order valence-electron chi connectivity index (χ1n) is 5.26. The minimum absolute atomic E-state index is 0.328. The minimum Gasteiger partial charge on any atom is -0.493 e. The molecule has 0 bridgehead atoms. The predicted octanol–water partition coefficient (Wildman–Crippen LogP) is 2.48. The maximum absolute atomic E-state index is 12.7. The Morgan fingerprint density at radius 3 is 2.67 bits per heavy atom. The van der Waals surface area contributed by atoms with E-state index in [4.69, 9.17) is 4.74 Å². The Bertz CT molecular complexity index is 555. The molecule has 92 valence electrons. The fraction of sp³-hybridized carbons (Fsp3) is 0.0769. The van der Waals surface area contributed by atoms with E-state index in [1.165, 1.54) is 31.4 Å². The van der Waals surface area contributed by atoms with Gasteiger partial charge in [0.2, 0.25) is 0 Å². The summed E-state index contributed by atoms with van der Waals surface area (Å²) < 4.78 is 17.8. The molecule has 4 nitrogen and oxygen atoms in total. The van der Waals surface area contributed by atoms with Gasteiger partial charge in [-0.25, -0.2) is 9.37 Å². The van der Waals surface area contributed by atoms with Gasteiger partial charge in [-0.05, 0) is 36.4 Å². The Hall–Kier alpha value is -2.43. The molecule has 1 amide bonds. The van der Waals surface area contributed by atoms with Crippen molar-refractivity contribution in [3.05, 3.63) is 54.0 Å². The van der Waals surface area contributed by atoms with Crippen LogP contribution < -0.4 is 10.1 Å². The van der Waals surface area contributed by atoms with Crippen LogP contribution in [0.15, 0.2) is 42.6 Å². The van der Waals surface area contributed by atoms with Crippen LogP contribution in [0.25, 0.3) is 0 Å². The van der Waals surface area contributed by atoms with Crippen molar-refractivity contribution >= 4 is 11.7 Å². The molecule has 1 aromatic carbocycles. The van der Waals surface area contributed by atoms with Gasteiger partial charge in [-0.2, -0.15) is 0 Å². The number of nitrogens with one attached hydrogen (secondary N) is 1. The van der Waals surface area contributed by atoms with Gasteiger partial charge < -0.3 is 10.1 Å². The molecule has 0 aliphatic rings. The fourth-order valence-electron chi connectivity index (χ4n) is 1.43. The number of hydrogen-bond acceptors (Lipinski definition) is 3. The molecule has 0 aliphatic carbocycles. The van der Waals surface area contributed by atoms with Crippen LogP contribution in [0.1, 0.15) is 10.4 Å². The van der Waals surface area contributed by atoms with Crippen molar-refractivity contribution in [1.82, 2.24) is 4.98 Å². The van der Waals surface area contributed by atoms with Gasteiger partial charge >= 0.3 is 0 Å². The number of nitrogens with zero attached hydrogens (tertiary/aromatic N) is 1. The number of rotatable bonds is 3. The number of carbonyl (C=O) groups excluding carboxylic acids is 1. The van der Waals surface area contributed by atoms with Gasteiger partial charge in [0, 0.05) is 11.8 Å². The lowest BCUT2D eigenvalue weighted by molar-refractivity contribution is 0.102. The number of pyridine rings is 1. The second kappa shape index (κ2) is 5.27. The molecular formula is C13H11FN2O2. The number of aromatic nitrogens is 1. The Labute approximate surface area is 103 Å². The Morgan fingerprint density at radius 1 is 1.28 bits per heavy atom. The molecule has 0 atom stereocenters. The van der Waals surface area contributed by atoms with Crippen LogP contribution in [0.4, 0.5) is 10.2 Å². The summed E-state index contributed by atoms with van der Waals surface area (Å²) in [6, 6.07) is 8.65. The maximum Gasteiger partial charge on any atom is 0.256 e. The van der Waals surface area contributed by atoms with Gasteiger partial charge in [0.1, 0.15) is 5.82 Å². The van der Waals surface area contributed by atoms with Crippen LogP contribution in [-0.4, -0.2) is 18.0 Å². The number of carbonyl (C=O) groups is 1. The maximum atomic E-state index is 12.7. The molecule has 0 radical (unpaired) electrons. The van der Waals surface area contributed by atoms with Gasteiger partial charge in [0.25, 0.3) is 5.91 Å². The van der Waals surface area contributed by atoms with E-state index >= 15 is 0 Å². The quantitative estimate of drug-likeness (QED) is 0.905. The summed E-state index contributed by atoms with van der Waals surface area (Å²) in [7, 11) is 1.49. The van der Waals surface area contributed by atoms with Crippen LogP contribution in [-0.2, 0) is 0 Å². The van der Waals surface area contributed by atoms with Gasteiger partial charge in [-0.1, -0.05) is 0 Å². The van der Waals surface area contributed by atoms with Gasteiger partial charge in [0.05, 0.1) is 7.11 Å². The zero-order valence-corrected chi connectivity index (χ0v) is 9.68. The van der Waals surface area contributed by atoms with Crippen LogP contribution in [0.2, 0.25) is 0 Å². The van der Waals surface area contributed by atoms with Gasteiger partial charge in [-0.15, -0.1) is 0 Å². The molecule has 0 aliphatic heterocycles. The van der Waals surface area contributed by atoms with Crippen molar-refractivity contribution in [3.8, 4) is 5.75 Å². The number of anilines is 1. The van der Waals surface area contributed by atoms with E-state index in [9.17, 15) is 9.18 Å². The molecule has 2 rings (SSSR count). The predicted molar refractivity (Wildman–Crippen MR) is 65.1 cm³/mol. The lowest BCUT2D eigenvalue weighted by Gasteiger charge is -2.08. The van der Waals surface area contributed by atoms with Crippen molar-refractivity contribution in [2.45, 2.75) is 0 Å². The highest BCUT2D eigenvalue weighted by molar-refractivity contribution is 6.04. The zero-order chi connectivity index (χ0) is 13.0. The van der Waals surface area contributed by atoms with Crippen LogP contribution in [0.3, 0.4) is 0 Å². The summed E-state index contributed by atoms with van der Waals surface area (Å²) >= 11 is 0. The first-order chi connectivity index (χ1) is 8.70. The summed E-state index contributed by atoms with van der Waals surface area (Å²) in [5.74, 6) is 0.0382. The topological polar surface area (TPSA) is 51.2 Å². The smallest absolute Gasteiger partial charge is 0.256 e. The first-order valence-corrected chi connectivity index (χ1v) is 5.26. The molecular weight excluding hydrogens is 235 g/mol. The van der Waals surface area contributed by atoms with Crippen LogP contribution >= 0.6 is 0 Å². The minimum atomic E-state index is -0.387. The van der Waals surface area contributed by atoms with Crippen LogP contribution in [0.5, 0.6) is 5.75 Å². The number of benzene rings is 1. The molecule has 5 heteroatoms. The average molecular weight is 246 g/mol. The highest BCUT2D eigenvalue weighted by atomic mass is 19.1. The van der Waals surface area contributed by atoms with E-state index in [2.05, 4.69) is 10.3 Å². The van der Waals surface area contributed by atoms with E-state index in [0.717, 1.165) is 0 Å². The first kappa shape index (κ1) is 12.0. The SMILES string of the molecule is COc1cccnc1NC(=O)c1ccc(F)cc1. The van der Waals surface area contributed by atoms with Crippen molar-refractivity contribution in [1.29, 1.82) is 0 Å². The molecule has 2 aromatic rings. The molecule has 1 aromatic heterocycles.